The lowest BCUT2D eigenvalue weighted by molar-refractivity contribution is 0.710. The summed E-state index contributed by atoms with van der Waals surface area (Å²) in [6.45, 7) is 8.68. The van der Waals surface area contributed by atoms with Crippen LogP contribution in [0.2, 0.25) is 0 Å². The Kier molecular flexibility index (Phi) is 3.16. The van der Waals surface area contributed by atoms with Crippen LogP contribution in [0.4, 0.5) is 0 Å². The lowest BCUT2D eigenvalue weighted by atomic mass is 10.1. The van der Waals surface area contributed by atoms with Gasteiger partial charge in [-0.05, 0) is 27.7 Å². The van der Waals surface area contributed by atoms with Crippen LogP contribution in [0.1, 0.15) is 23.9 Å². The normalized spacial score (nSPS) is 11.2. The highest BCUT2D eigenvalue weighted by Crippen LogP contribution is 2.23. The predicted octanol–water partition coefficient (Wildman–Crippen LogP) is 3.11. The Morgan fingerprint density at radius 2 is 1.71 bits per heavy atom. The second kappa shape index (κ2) is 4.88. The van der Waals surface area contributed by atoms with Crippen LogP contribution < -0.4 is 5.56 Å². The molecule has 2 heterocycles. The third-order valence-electron chi connectivity index (χ3n) is 4.17. The van der Waals surface area contributed by atoms with Crippen LogP contribution in [0.5, 0.6) is 0 Å². The number of hydrogen-bond acceptors (Lipinski definition) is 2. The van der Waals surface area contributed by atoms with Crippen LogP contribution in [0.25, 0.3) is 17.0 Å². The molecule has 0 fully saturated rings. The maximum atomic E-state index is 12.6. The van der Waals surface area contributed by atoms with Crippen molar-refractivity contribution < 1.29 is 0 Å². The SMILES string of the molecule is CCn1c(C)c(C)c(=O)n2c(C)c(-c3ccccc3)nc12. The lowest BCUT2D eigenvalue weighted by Crippen LogP contribution is -2.23. The first-order valence-corrected chi connectivity index (χ1v) is 7.20. The van der Waals surface area contributed by atoms with Crippen molar-refractivity contribution in [1.82, 2.24) is 14.0 Å². The lowest BCUT2D eigenvalue weighted by Gasteiger charge is -2.12. The van der Waals surface area contributed by atoms with Crippen molar-refractivity contribution in [3.05, 3.63) is 57.6 Å². The number of hydrogen-bond donors (Lipinski definition) is 0. The van der Waals surface area contributed by atoms with Gasteiger partial charge in [0.1, 0.15) is 0 Å². The molecule has 3 rings (SSSR count). The summed E-state index contributed by atoms with van der Waals surface area (Å²) < 4.78 is 3.82. The van der Waals surface area contributed by atoms with Crippen LogP contribution in [0.3, 0.4) is 0 Å². The Hall–Kier alpha value is -2.36. The molecule has 0 bridgehead atoms. The van der Waals surface area contributed by atoms with E-state index < -0.39 is 0 Å². The molecule has 4 nitrogen and oxygen atoms in total. The van der Waals surface area contributed by atoms with E-state index >= 15 is 0 Å². The minimum absolute atomic E-state index is 0.0272. The molecule has 0 amide bonds. The number of aryl methyl sites for hydroxylation is 2. The van der Waals surface area contributed by atoms with Gasteiger partial charge >= 0.3 is 0 Å². The zero-order valence-corrected chi connectivity index (χ0v) is 12.8. The minimum atomic E-state index is 0.0272. The Morgan fingerprint density at radius 1 is 1.05 bits per heavy atom. The summed E-state index contributed by atoms with van der Waals surface area (Å²) in [5, 5.41) is 0. The molecule has 0 saturated carbocycles. The topological polar surface area (TPSA) is 39.3 Å². The molecule has 0 aliphatic carbocycles. The number of imidazole rings is 1. The predicted molar refractivity (Wildman–Crippen MR) is 84.8 cm³/mol. The molecule has 1 aromatic carbocycles. The van der Waals surface area contributed by atoms with Crippen molar-refractivity contribution >= 4 is 5.78 Å². The minimum Gasteiger partial charge on any atom is -0.315 e. The average molecular weight is 281 g/mol. The van der Waals surface area contributed by atoms with E-state index in [0.717, 1.165) is 40.5 Å². The summed E-state index contributed by atoms with van der Waals surface area (Å²) in [5.41, 5.74) is 4.60. The summed E-state index contributed by atoms with van der Waals surface area (Å²) in [4.78, 5) is 17.3. The van der Waals surface area contributed by atoms with Gasteiger partial charge in [-0.3, -0.25) is 4.79 Å². The van der Waals surface area contributed by atoms with Crippen LogP contribution in [-0.2, 0) is 6.54 Å². The van der Waals surface area contributed by atoms with E-state index in [-0.39, 0.29) is 5.56 Å². The largest absolute Gasteiger partial charge is 0.315 e. The molecule has 3 aromatic rings. The summed E-state index contributed by atoms with van der Waals surface area (Å²) in [5.74, 6) is 0.724. The van der Waals surface area contributed by atoms with Crippen molar-refractivity contribution in [3.63, 3.8) is 0 Å². The van der Waals surface area contributed by atoms with E-state index in [4.69, 9.17) is 4.98 Å². The summed E-state index contributed by atoms with van der Waals surface area (Å²) in [6.07, 6.45) is 0. The summed E-state index contributed by atoms with van der Waals surface area (Å²) in [6, 6.07) is 10.0. The quantitative estimate of drug-likeness (QED) is 0.724. The van der Waals surface area contributed by atoms with Gasteiger partial charge in [0, 0.05) is 23.4 Å². The van der Waals surface area contributed by atoms with Crippen molar-refractivity contribution in [1.29, 1.82) is 0 Å². The van der Waals surface area contributed by atoms with E-state index in [1.165, 1.54) is 0 Å². The van der Waals surface area contributed by atoms with Crippen LogP contribution in [0.15, 0.2) is 35.1 Å². The van der Waals surface area contributed by atoms with E-state index in [1.807, 2.05) is 51.1 Å². The fourth-order valence-corrected chi connectivity index (χ4v) is 2.83. The Morgan fingerprint density at radius 3 is 2.33 bits per heavy atom. The molecule has 0 unspecified atom stereocenters. The smallest absolute Gasteiger partial charge is 0.262 e. The fraction of sp³-hybridized carbons (Fsp3) is 0.294. The number of nitrogens with zero attached hydrogens (tertiary/aromatic N) is 3. The monoisotopic (exact) mass is 281 g/mol. The number of aromatic nitrogens is 3. The first-order chi connectivity index (χ1) is 10.1. The molecule has 0 spiro atoms. The molecule has 21 heavy (non-hydrogen) atoms. The summed E-state index contributed by atoms with van der Waals surface area (Å²) >= 11 is 0. The van der Waals surface area contributed by atoms with Crippen LogP contribution >= 0.6 is 0 Å². The third-order valence-corrected chi connectivity index (χ3v) is 4.17. The molecule has 0 saturated heterocycles. The van der Waals surface area contributed by atoms with Crippen LogP contribution in [0, 0.1) is 20.8 Å². The van der Waals surface area contributed by atoms with Gasteiger partial charge in [-0.25, -0.2) is 9.38 Å². The molecular formula is C17H19N3O. The summed E-state index contributed by atoms with van der Waals surface area (Å²) in [7, 11) is 0. The van der Waals surface area contributed by atoms with Crippen LogP contribution in [-0.4, -0.2) is 14.0 Å². The van der Waals surface area contributed by atoms with Gasteiger partial charge in [0.15, 0.2) is 0 Å². The molecular weight excluding hydrogens is 262 g/mol. The molecule has 0 N–H and O–H groups in total. The highest BCUT2D eigenvalue weighted by atomic mass is 16.1. The molecule has 4 heteroatoms. The third kappa shape index (κ3) is 1.90. The molecule has 108 valence electrons. The highest BCUT2D eigenvalue weighted by molar-refractivity contribution is 5.65. The fourth-order valence-electron chi connectivity index (χ4n) is 2.83. The van der Waals surface area contributed by atoms with E-state index in [1.54, 1.807) is 4.40 Å². The van der Waals surface area contributed by atoms with E-state index in [0.29, 0.717) is 0 Å². The van der Waals surface area contributed by atoms with Gasteiger partial charge in [0.05, 0.1) is 11.4 Å². The Bertz CT molecular complexity index is 873. The highest BCUT2D eigenvalue weighted by Gasteiger charge is 2.17. The van der Waals surface area contributed by atoms with Gasteiger partial charge in [-0.15, -0.1) is 0 Å². The number of rotatable bonds is 2. The standard InChI is InChI=1S/C17H19N3O/c1-5-19-12(3)11(2)16(21)20-13(4)15(18-17(19)20)14-9-7-6-8-10-14/h6-10H,5H2,1-4H3. The van der Waals surface area contributed by atoms with Gasteiger partial charge in [0.25, 0.3) is 5.56 Å². The van der Waals surface area contributed by atoms with Crippen molar-refractivity contribution in [3.8, 4) is 11.3 Å². The van der Waals surface area contributed by atoms with Crippen molar-refractivity contribution in [2.75, 3.05) is 0 Å². The molecule has 0 radical (unpaired) electrons. The van der Waals surface area contributed by atoms with Gasteiger partial charge in [-0.1, -0.05) is 30.3 Å². The van der Waals surface area contributed by atoms with Gasteiger partial charge in [-0.2, -0.15) is 0 Å². The molecule has 2 aromatic heterocycles. The maximum Gasteiger partial charge on any atom is 0.262 e. The maximum absolute atomic E-state index is 12.6. The average Bonchev–Trinajstić information content (AvgIpc) is 2.84. The molecule has 0 atom stereocenters. The first kappa shape index (κ1) is 13.6. The van der Waals surface area contributed by atoms with Crippen molar-refractivity contribution in [2.45, 2.75) is 34.2 Å². The molecule has 0 aliphatic heterocycles. The number of fused-ring (bicyclic) bond motifs is 1. The van der Waals surface area contributed by atoms with E-state index in [2.05, 4.69) is 11.5 Å². The number of benzene rings is 1. The van der Waals surface area contributed by atoms with Gasteiger partial charge in [0.2, 0.25) is 5.78 Å². The Labute approximate surface area is 123 Å². The second-order valence-electron chi connectivity index (χ2n) is 5.31. The first-order valence-electron chi connectivity index (χ1n) is 7.20. The Balaban J connectivity index is 2.45. The second-order valence-corrected chi connectivity index (χ2v) is 5.31. The molecule has 0 aliphatic rings. The zero-order chi connectivity index (χ0) is 15.1. The zero-order valence-electron chi connectivity index (χ0n) is 12.8. The van der Waals surface area contributed by atoms with Gasteiger partial charge < -0.3 is 4.57 Å². The van der Waals surface area contributed by atoms with Crippen molar-refractivity contribution in [2.24, 2.45) is 0 Å². The van der Waals surface area contributed by atoms with E-state index in [9.17, 15) is 4.79 Å².